The summed E-state index contributed by atoms with van der Waals surface area (Å²) in [7, 11) is 0. The third kappa shape index (κ3) is 1.82. The van der Waals surface area contributed by atoms with E-state index in [0.717, 1.165) is 23.3 Å². The second-order valence-corrected chi connectivity index (χ2v) is 4.31. The lowest BCUT2D eigenvalue weighted by Crippen LogP contribution is -1.98. The molecule has 18 heavy (non-hydrogen) atoms. The zero-order chi connectivity index (χ0) is 12.5. The van der Waals surface area contributed by atoms with Gasteiger partial charge in [-0.05, 0) is 24.6 Å². The summed E-state index contributed by atoms with van der Waals surface area (Å²) in [6, 6.07) is 4.93. The van der Waals surface area contributed by atoms with Crippen LogP contribution in [0.3, 0.4) is 0 Å². The number of H-pyrrole nitrogens is 1. The largest absolute Gasteiger partial charge is 0.478 e. The van der Waals surface area contributed by atoms with Gasteiger partial charge >= 0.3 is 5.97 Å². The first-order valence-corrected chi connectivity index (χ1v) is 5.80. The highest BCUT2D eigenvalue weighted by atomic mass is 16.4. The zero-order valence-corrected chi connectivity index (χ0v) is 9.63. The Bertz CT molecular complexity index is 667. The number of benzene rings is 1. The summed E-state index contributed by atoms with van der Waals surface area (Å²) in [4.78, 5) is 18.6. The number of aromatic amines is 1. The molecular formula is C14H12N2O2. The number of nitrogens with one attached hydrogen (secondary N) is 1. The van der Waals surface area contributed by atoms with E-state index in [4.69, 9.17) is 5.11 Å². The predicted molar refractivity (Wildman–Crippen MR) is 68.7 cm³/mol. The average Bonchev–Trinajstić information content (AvgIpc) is 2.82. The molecule has 1 aliphatic carbocycles. The summed E-state index contributed by atoms with van der Waals surface area (Å²) in [5, 5.41) is 8.95. The highest BCUT2D eigenvalue weighted by Gasteiger charge is 2.14. The second-order valence-electron chi connectivity index (χ2n) is 4.31. The molecule has 4 heteroatoms. The van der Waals surface area contributed by atoms with Crippen molar-refractivity contribution in [3.8, 4) is 0 Å². The monoisotopic (exact) mass is 240 g/mol. The Morgan fingerprint density at radius 2 is 2.28 bits per heavy atom. The molecule has 1 aromatic heterocycles. The molecule has 1 aromatic carbocycles. The van der Waals surface area contributed by atoms with Gasteiger partial charge in [0, 0.05) is 5.92 Å². The minimum Gasteiger partial charge on any atom is -0.478 e. The molecule has 0 saturated heterocycles. The summed E-state index contributed by atoms with van der Waals surface area (Å²) in [5.41, 5.74) is 1.85. The van der Waals surface area contributed by atoms with Crippen LogP contribution in [-0.2, 0) is 0 Å². The van der Waals surface area contributed by atoms with Crippen LogP contribution in [0.15, 0.2) is 42.5 Å². The fourth-order valence-corrected chi connectivity index (χ4v) is 2.12. The number of carbonyl (C=O) groups is 1. The lowest BCUT2D eigenvalue weighted by molar-refractivity contribution is 0.0697. The van der Waals surface area contributed by atoms with Gasteiger partial charge in [-0.25, -0.2) is 9.78 Å². The standard InChI is InChI=1S/C14H12N2O2/c17-14(18)10-6-7-11-12(8-10)16-13(15-11)9-4-2-1-3-5-9/h1-4,6-9H,5H2,(H,15,16)(H,17,18). The van der Waals surface area contributed by atoms with Gasteiger partial charge < -0.3 is 10.1 Å². The van der Waals surface area contributed by atoms with Gasteiger partial charge in [0.15, 0.2) is 0 Å². The molecule has 0 amide bonds. The molecule has 3 rings (SSSR count). The van der Waals surface area contributed by atoms with Gasteiger partial charge in [-0.3, -0.25) is 0 Å². The number of hydrogen-bond acceptors (Lipinski definition) is 2. The van der Waals surface area contributed by atoms with Crippen LogP contribution >= 0.6 is 0 Å². The highest BCUT2D eigenvalue weighted by Crippen LogP contribution is 2.24. The van der Waals surface area contributed by atoms with Gasteiger partial charge in [0.1, 0.15) is 5.82 Å². The van der Waals surface area contributed by atoms with Crippen LogP contribution < -0.4 is 0 Å². The van der Waals surface area contributed by atoms with Gasteiger partial charge in [-0.1, -0.05) is 24.3 Å². The Balaban J connectivity index is 2.03. The Hall–Kier alpha value is -2.36. The number of carboxylic acid groups (broad SMARTS) is 1. The molecule has 1 aliphatic rings. The van der Waals surface area contributed by atoms with E-state index < -0.39 is 5.97 Å². The van der Waals surface area contributed by atoms with E-state index in [0.29, 0.717) is 0 Å². The van der Waals surface area contributed by atoms with E-state index in [-0.39, 0.29) is 11.5 Å². The lowest BCUT2D eigenvalue weighted by Gasteiger charge is -2.08. The van der Waals surface area contributed by atoms with Crippen molar-refractivity contribution in [3.63, 3.8) is 0 Å². The number of allylic oxidation sites excluding steroid dienone is 4. The van der Waals surface area contributed by atoms with Gasteiger partial charge in [0.2, 0.25) is 0 Å². The van der Waals surface area contributed by atoms with Crippen molar-refractivity contribution in [2.24, 2.45) is 0 Å². The van der Waals surface area contributed by atoms with Crippen molar-refractivity contribution in [1.29, 1.82) is 0 Å². The van der Waals surface area contributed by atoms with E-state index in [1.807, 2.05) is 12.2 Å². The Kier molecular flexibility index (Phi) is 2.48. The van der Waals surface area contributed by atoms with E-state index >= 15 is 0 Å². The van der Waals surface area contributed by atoms with Crippen molar-refractivity contribution < 1.29 is 9.90 Å². The van der Waals surface area contributed by atoms with Crippen molar-refractivity contribution in [3.05, 3.63) is 53.9 Å². The molecule has 2 aromatic rings. The van der Waals surface area contributed by atoms with Crippen molar-refractivity contribution in [1.82, 2.24) is 9.97 Å². The van der Waals surface area contributed by atoms with Crippen LogP contribution in [0.1, 0.15) is 28.5 Å². The number of imidazole rings is 1. The van der Waals surface area contributed by atoms with Crippen LogP contribution in [0, 0.1) is 0 Å². The van der Waals surface area contributed by atoms with Crippen LogP contribution in [0.2, 0.25) is 0 Å². The normalized spacial score (nSPS) is 18.3. The molecule has 4 nitrogen and oxygen atoms in total. The third-order valence-corrected chi connectivity index (χ3v) is 3.08. The summed E-state index contributed by atoms with van der Waals surface area (Å²) in [6.07, 6.45) is 9.13. The van der Waals surface area contributed by atoms with Gasteiger partial charge in [0.05, 0.1) is 16.6 Å². The Labute approximate surface area is 104 Å². The molecular weight excluding hydrogens is 228 g/mol. The fraction of sp³-hybridized carbons (Fsp3) is 0.143. The number of nitrogens with zero attached hydrogens (tertiary/aromatic N) is 1. The van der Waals surface area contributed by atoms with E-state index in [1.165, 1.54) is 0 Å². The molecule has 0 saturated carbocycles. The van der Waals surface area contributed by atoms with Crippen LogP contribution in [0.25, 0.3) is 11.0 Å². The first kappa shape index (κ1) is 10.8. The predicted octanol–water partition coefficient (Wildman–Crippen LogP) is 2.86. The number of aromatic carboxylic acids is 1. The quantitative estimate of drug-likeness (QED) is 0.848. The van der Waals surface area contributed by atoms with Crippen LogP contribution in [0.4, 0.5) is 0 Å². The first-order chi connectivity index (χ1) is 8.74. The number of hydrogen-bond donors (Lipinski definition) is 2. The molecule has 0 radical (unpaired) electrons. The topological polar surface area (TPSA) is 66.0 Å². The van der Waals surface area contributed by atoms with Crippen molar-refractivity contribution >= 4 is 17.0 Å². The number of carboxylic acids is 1. The minimum absolute atomic E-state index is 0.246. The van der Waals surface area contributed by atoms with Crippen molar-refractivity contribution in [2.45, 2.75) is 12.3 Å². The molecule has 0 aliphatic heterocycles. The maximum Gasteiger partial charge on any atom is 0.335 e. The molecule has 0 bridgehead atoms. The maximum absolute atomic E-state index is 10.9. The smallest absolute Gasteiger partial charge is 0.335 e. The van der Waals surface area contributed by atoms with Crippen LogP contribution in [0.5, 0.6) is 0 Å². The van der Waals surface area contributed by atoms with Gasteiger partial charge in [-0.15, -0.1) is 0 Å². The van der Waals surface area contributed by atoms with E-state index in [2.05, 4.69) is 22.1 Å². The van der Waals surface area contributed by atoms with Crippen LogP contribution in [-0.4, -0.2) is 21.0 Å². The maximum atomic E-state index is 10.9. The average molecular weight is 240 g/mol. The minimum atomic E-state index is -0.923. The van der Waals surface area contributed by atoms with E-state index in [9.17, 15) is 4.79 Å². The summed E-state index contributed by atoms with van der Waals surface area (Å²) < 4.78 is 0. The van der Waals surface area contributed by atoms with Crippen molar-refractivity contribution in [2.75, 3.05) is 0 Å². The third-order valence-electron chi connectivity index (χ3n) is 3.08. The molecule has 1 unspecified atom stereocenters. The zero-order valence-electron chi connectivity index (χ0n) is 9.63. The van der Waals surface area contributed by atoms with E-state index in [1.54, 1.807) is 18.2 Å². The SMILES string of the molecule is O=C(O)c1ccc2nc(C3C=CC=CC3)[nH]c2c1. The Morgan fingerprint density at radius 1 is 1.39 bits per heavy atom. The molecule has 90 valence electrons. The summed E-state index contributed by atoms with van der Waals surface area (Å²) >= 11 is 0. The number of fused-ring (bicyclic) bond motifs is 1. The Morgan fingerprint density at radius 3 is 3.00 bits per heavy atom. The molecule has 0 spiro atoms. The number of rotatable bonds is 2. The molecule has 1 atom stereocenters. The highest BCUT2D eigenvalue weighted by molar-refractivity contribution is 5.92. The molecule has 0 fully saturated rings. The lowest BCUT2D eigenvalue weighted by atomic mass is 10.0. The molecule has 1 heterocycles. The van der Waals surface area contributed by atoms with Gasteiger partial charge in [-0.2, -0.15) is 0 Å². The van der Waals surface area contributed by atoms with Gasteiger partial charge in [0.25, 0.3) is 0 Å². The fourth-order valence-electron chi connectivity index (χ4n) is 2.12. The summed E-state index contributed by atoms with van der Waals surface area (Å²) in [5.74, 6) is 0.206. The second kappa shape index (κ2) is 4.14. The first-order valence-electron chi connectivity index (χ1n) is 5.80. The molecule has 2 N–H and O–H groups in total. The summed E-state index contributed by atoms with van der Waals surface area (Å²) in [6.45, 7) is 0. The number of aromatic nitrogens is 2.